The molecule has 0 amide bonds. The Bertz CT molecular complexity index is 1510. The molecular formula is C23H18FN7O. The maximum atomic E-state index is 14.1. The van der Waals surface area contributed by atoms with Crippen LogP contribution in [0.15, 0.2) is 71.8 Å². The predicted molar refractivity (Wildman–Crippen MR) is 118 cm³/mol. The van der Waals surface area contributed by atoms with E-state index in [1.165, 1.54) is 33.5 Å². The highest BCUT2D eigenvalue weighted by molar-refractivity contribution is 5.90. The number of aromatic nitrogens is 6. The van der Waals surface area contributed by atoms with Gasteiger partial charge in [0.1, 0.15) is 5.82 Å². The summed E-state index contributed by atoms with van der Waals surface area (Å²) in [7, 11) is 1.68. The van der Waals surface area contributed by atoms with E-state index in [1.54, 1.807) is 19.3 Å². The number of nitrogens with zero attached hydrogens (tertiary/aromatic N) is 6. The van der Waals surface area contributed by atoms with Crippen LogP contribution in [0.5, 0.6) is 0 Å². The minimum absolute atomic E-state index is 0.0984. The Balaban J connectivity index is 1.77. The largest absolute Gasteiger partial charge is 0.368 e. The number of anilines is 1. The fourth-order valence-corrected chi connectivity index (χ4v) is 3.59. The second kappa shape index (κ2) is 7.69. The molecule has 32 heavy (non-hydrogen) atoms. The fourth-order valence-electron chi connectivity index (χ4n) is 3.59. The molecule has 5 rings (SSSR count). The van der Waals surface area contributed by atoms with Crippen molar-refractivity contribution in [3.63, 3.8) is 0 Å². The molecule has 0 saturated carbocycles. The van der Waals surface area contributed by atoms with Crippen molar-refractivity contribution in [3.8, 4) is 22.4 Å². The molecule has 2 N–H and O–H groups in total. The topological polar surface area (TPSA) is 104 Å². The number of hydrogen-bond acceptors (Lipinski definition) is 6. The summed E-state index contributed by atoms with van der Waals surface area (Å²) in [4.78, 5) is 25.3. The zero-order valence-electron chi connectivity index (χ0n) is 17.1. The van der Waals surface area contributed by atoms with Gasteiger partial charge < -0.3 is 10.3 Å². The number of aryl methyl sites for hydroxylation is 1. The molecule has 0 saturated heterocycles. The molecule has 0 spiro atoms. The molecule has 5 aromatic rings. The quantitative estimate of drug-likeness (QED) is 0.473. The monoisotopic (exact) mass is 427 g/mol. The van der Waals surface area contributed by atoms with Gasteiger partial charge in [0.05, 0.1) is 23.4 Å². The minimum atomic E-state index is -0.430. The molecule has 4 heterocycles. The first-order chi connectivity index (χ1) is 15.5. The smallest absolute Gasteiger partial charge is 0.250 e. The van der Waals surface area contributed by atoms with Crippen molar-refractivity contribution < 1.29 is 4.39 Å². The molecule has 0 radical (unpaired) electrons. The van der Waals surface area contributed by atoms with Crippen LogP contribution in [0.3, 0.4) is 0 Å². The number of fused-ring (bicyclic) bond motifs is 1. The Kier molecular flexibility index (Phi) is 4.70. The van der Waals surface area contributed by atoms with E-state index in [2.05, 4.69) is 20.1 Å². The summed E-state index contributed by atoms with van der Waals surface area (Å²) in [5.74, 6) is 0.0701. The van der Waals surface area contributed by atoms with Crippen molar-refractivity contribution in [3.05, 3.63) is 94.7 Å². The number of nitrogen functional groups attached to an aromatic ring is 1. The molecule has 4 aromatic heterocycles. The van der Waals surface area contributed by atoms with Crippen LogP contribution in [0.2, 0.25) is 0 Å². The highest BCUT2D eigenvalue weighted by Crippen LogP contribution is 2.34. The molecule has 8 nitrogen and oxygen atoms in total. The molecule has 158 valence electrons. The van der Waals surface area contributed by atoms with Crippen LogP contribution in [0.4, 0.5) is 10.3 Å². The second-order valence-corrected chi connectivity index (χ2v) is 7.30. The Morgan fingerprint density at radius 3 is 2.56 bits per heavy atom. The number of rotatable bonds is 4. The van der Waals surface area contributed by atoms with Gasteiger partial charge in [-0.25, -0.2) is 14.4 Å². The van der Waals surface area contributed by atoms with Crippen LogP contribution in [-0.2, 0) is 13.5 Å². The summed E-state index contributed by atoms with van der Waals surface area (Å²) in [6, 6.07) is 15.6. The van der Waals surface area contributed by atoms with E-state index >= 15 is 0 Å². The van der Waals surface area contributed by atoms with Gasteiger partial charge in [-0.05, 0) is 18.2 Å². The maximum Gasteiger partial charge on any atom is 0.250 e. The lowest BCUT2D eigenvalue weighted by atomic mass is 10.0. The van der Waals surface area contributed by atoms with Crippen molar-refractivity contribution in [2.24, 2.45) is 7.05 Å². The Labute approximate surface area is 181 Å². The van der Waals surface area contributed by atoms with E-state index in [0.29, 0.717) is 22.7 Å². The van der Waals surface area contributed by atoms with Gasteiger partial charge in [-0.3, -0.25) is 9.78 Å². The molecule has 9 heteroatoms. The first kappa shape index (κ1) is 19.6. The summed E-state index contributed by atoms with van der Waals surface area (Å²) in [6.07, 6.45) is 3.34. The lowest BCUT2D eigenvalue weighted by Crippen LogP contribution is -2.14. The second-order valence-electron chi connectivity index (χ2n) is 7.30. The highest BCUT2D eigenvalue weighted by Gasteiger charge is 2.21. The third-order valence-electron chi connectivity index (χ3n) is 5.14. The molecule has 0 unspecified atom stereocenters. The third-order valence-corrected chi connectivity index (χ3v) is 5.14. The van der Waals surface area contributed by atoms with Gasteiger partial charge >= 0.3 is 0 Å². The lowest BCUT2D eigenvalue weighted by Gasteiger charge is -2.12. The van der Waals surface area contributed by atoms with Crippen LogP contribution >= 0.6 is 0 Å². The lowest BCUT2D eigenvalue weighted by molar-refractivity contribution is 0.601. The maximum absolute atomic E-state index is 14.1. The zero-order chi connectivity index (χ0) is 22.2. The summed E-state index contributed by atoms with van der Waals surface area (Å²) in [5, 5.41) is 4.45. The van der Waals surface area contributed by atoms with Crippen molar-refractivity contribution in [1.29, 1.82) is 0 Å². The van der Waals surface area contributed by atoms with Gasteiger partial charge in [-0.1, -0.05) is 30.3 Å². The summed E-state index contributed by atoms with van der Waals surface area (Å²) < 4.78 is 17.0. The molecule has 0 aliphatic heterocycles. The van der Waals surface area contributed by atoms with Gasteiger partial charge in [0.25, 0.3) is 0 Å². The van der Waals surface area contributed by atoms with Crippen molar-refractivity contribution in [2.75, 3.05) is 5.73 Å². The van der Waals surface area contributed by atoms with Crippen molar-refractivity contribution in [2.45, 2.75) is 6.42 Å². The SMILES string of the molecule is Cn1cc(-c2c(-c3ccccc3)nc(N)n3nc(Cc4ncccc4F)nc23)ccc1=O. The Morgan fingerprint density at radius 2 is 1.81 bits per heavy atom. The van der Waals surface area contributed by atoms with Crippen LogP contribution in [-0.4, -0.2) is 29.1 Å². The van der Waals surface area contributed by atoms with Crippen molar-refractivity contribution >= 4 is 11.6 Å². The van der Waals surface area contributed by atoms with Crippen LogP contribution in [0, 0.1) is 5.82 Å². The zero-order valence-corrected chi connectivity index (χ0v) is 17.1. The predicted octanol–water partition coefficient (Wildman–Crippen LogP) is 2.86. The van der Waals surface area contributed by atoms with Crippen LogP contribution < -0.4 is 11.3 Å². The standard InChI is InChI=1S/C23H18FN7O/c1-30-13-15(9-10-19(30)32)20-21(14-6-3-2-4-7-14)28-23(25)31-22(20)27-18(29-31)12-17-16(24)8-5-11-26-17/h2-11,13H,12H2,1H3,(H2,25,28). The molecule has 0 aliphatic rings. The van der Waals surface area contributed by atoms with Gasteiger partial charge in [0.15, 0.2) is 11.5 Å². The van der Waals surface area contributed by atoms with Gasteiger partial charge in [-0.15, -0.1) is 5.10 Å². The van der Waals surface area contributed by atoms with E-state index in [-0.39, 0.29) is 23.6 Å². The Morgan fingerprint density at radius 1 is 1.00 bits per heavy atom. The number of nitrogens with two attached hydrogens (primary N) is 1. The van der Waals surface area contributed by atoms with E-state index in [4.69, 9.17) is 5.73 Å². The van der Waals surface area contributed by atoms with Crippen LogP contribution in [0.25, 0.3) is 28.0 Å². The third kappa shape index (κ3) is 3.39. The first-order valence-electron chi connectivity index (χ1n) is 9.88. The van der Waals surface area contributed by atoms with E-state index < -0.39 is 5.82 Å². The molecule has 0 fully saturated rings. The Hall–Kier alpha value is -4.40. The van der Waals surface area contributed by atoms with E-state index in [0.717, 1.165) is 11.1 Å². The molecule has 0 atom stereocenters. The average molecular weight is 427 g/mol. The van der Waals surface area contributed by atoms with Gasteiger partial charge in [-0.2, -0.15) is 4.52 Å². The summed E-state index contributed by atoms with van der Waals surface area (Å²) >= 11 is 0. The molecule has 0 bridgehead atoms. The first-order valence-corrected chi connectivity index (χ1v) is 9.88. The molecule has 1 aromatic carbocycles. The summed E-state index contributed by atoms with van der Waals surface area (Å²) in [5.41, 5.74) is 9.64. The molecule has 0 aliphatic carbocycles. The van der Waals surface area contributed by atoms with E-state index in [9.17, 15) is 9.18 Å². The van der Waals surface area contributed by atoms with Crippen LogP contribution in [0.1, 0.15) is 11.5 Å². The van der Waals surface area contributed by atoms with Crippen molar-refractivity contribution in [1.82, 2.24) is 29.1 Å². The highest BCUT2D eigenvalue weighted by atomic mass is 19.1. The summed E-state index contributed by atoms with van der Waals surface area (Å²) in [6.45, 7) is 0. The van der Waals surface area contributed by atoms with Gasteiger partial charge in [0.2, 0.25) is 11.5 Å². The molecular weight excluding hydrogens is 409 g/mol. The number of benzene rings is 1. The fraction of sp³-hybridized carbons (Fsp3) is 0.0870. The van der Waals surface area contributed by atoms with Gasteiger partial charge in [0, 0.05) is 36.6 Å². The minimum Gasteiger partial charge on any atom is -0.368 e. The normalized spacial score (nSPS) is 11.2. The number of halogens is 1. The number of pyridine rings is 2. The van der Waals surface area contributed by atoms with E-state index in [1.807, 2.05) is 30.3 Å². The number of hydrogen-bond donors (Lipinski definition) is 1. The average Bonchev–Trinajstić information content (AvgIpc) is 3.22.